The summed E-state index contributed by atoms with van der Waals surface area (Å²) < 4.78 is 6.31. The van der Waals surface area contributed by atoms with E-state index in [2.05, 4.69) is 21.2 Å². The molecule has 1 N–H and O–H groups in total. The Hall–Kier alpha value is -0.870. The predicted molar refractivity (Wildman–Crippen MR) is 66.5 cm³/mol. The molecule has 1 atom stereocenters. The van der Waals surface area contributed by atoms with E-state index in [4.69, 9.17) is 4.74 Å². The minimum atomic E-state index is -0.278. The normalized spacial score (nSPS) is 19.8. The molecule has 1 aromatic rings. The van der Waals surface area contributed by atoms with Gasteiger partial charge in [-0.2, -0.15) is 0 Å². The molecule has 1 fully saturated rings. The Bertz CT molecular complexity index is 400. The molecule has 4 heteroatoms. The second kappa shape index (κ2) is 4.97. The number of hydrogen-bond donors (Lipinski definition) is 1. The van der Waals surface area contributed by atoms with Gasteiger partial charge >= 0.3 is 0 Å². The Kier molecular flexibility index (Phi) is 3.61. The van der Waals surface area contributed by atoms with Crippen molar-refractivity contribution in [1.82, 2.24) is 0 Å². The molecule has 1 heterocycles. The third-order valence-corrected chi connectivity index (χ3v) is 3.52. The Morgan fingerprint density at radius 2 is 2.38 bits per heavy atom. The van der Waals surface area contributed by atoms with Crippen LogP contribution in [0.1, 0.15) is 18.4 Å². The molecular formula is C12H14BrNO2. The maximum Gasteiger partial charge on any atom is 0.253 e. The zero-order valence-electron chi connectivity index (χ0n) is 9.13. The number of benzene rings is 1. The van der Waals surface area contributed by atoms with Crippen molar-refractivity contribution in [3.63, 3.8) is 0 Å². The van der Waals surface area contributed by atoms with Crippen LogP contribution in [0.2, 0.25) is 0 Å². The van der Waals surface area contributed by atoms with Gasteiger partial charge in [0.15, 0.2) is 0 Å². The number of carbonyl (C=O) groups is 1. The molecule has 1 amide bonds. The summed E-state index contributed by atoms with van der Waals surface area (Å²) in [5.41, 5.74) is 1.95. The molecule has 3 nitrogen and oxygen atoms in total. The largest absolute Gasteiger partial charge is 0.368 e. The molecule has 2 rings (SSSR count). The van der Waals surface area contributed by atoms with Crippen molar-refractivity contribution in [2.24, 2.45) is 0 Å². The molecule has 0 saturated carbocycles. The predicted octanol–water partition coefficient (Wildman–Crippen LogP) is 2.88. The number of hydrogen-bond acceptors (Lipinski definition) is 2. The summed E-state index contributed by atoms with van der Waals surface area (Å²) in [6.45, 7) is 2.70. The molecular weight excluding hydrogens is 270 g/mol. The van der Waals surface area contributed by atoms with Gasteiger partial charge in [-0.1, -0.05) is 22.0 Å². The number of nitrogens with one attached hydrogen (secondary N) is 1. The first-order valence-corrected chi connectivity index (χ1v) is 6.15. The number of amides is 1. The van der Waals surface area contributed by atoms with Crippen LogP contribution in [0.5, 0.6) is 0 Å². The highest BCUT2D eigenvalue weighted by Gasteiger charge is 2.23. The lowest BCUT2D eigenvalue weighted by Crippen LogP contribution is -2.26. The van der Waals surface area contributed by atoms with Gasteiger partial charge in [0.1, 0.15) is 6.10 Å². The van der Waals surface area contributed by atoms with Crippen LogP contribution in [0, 0.1) is 6.92 Å². The van der Waals surface area contributed by atoms with Gasteiger partial charge in [0.05, 0.1) is 0 Å². The highest BCUT2D eigenvalue weighted by molar-refractivity contribution is 9.10. The van der Waals surface area contributed by atoms with Crippen LogP contribution in [0.4, 0.5) is 5.69 Å². The van der Waals surface area contributed by atoms with Gasteiger partial charge in [-0.25, -0.2) is 0 Å². The number of carbonyl (C=O) groups excluding carboxylic acids is 1. The van der Waals surface area contributed by atoms with Gasteiger partial charge in [-0.05, 0) is 37.5 Å². The monoisotopic (exact) mass is 283 g/mol. The van der Waals surface area contributed by atoms with E-state index in [0.717, 1.165) is 28.6 Å². The quantitative estimate of drug-likeness (QED) is 0.906. The van der Waals surface area contributed by atoms with Crippen LogP contribution in [-0.2, 0) is 9.53 Å². The standard InChI is InChI=1S/C12H14BrNO2/c1-8-4-5-9(7-10(8)13)14-12(15)11-3-2-6-16-11/h4-5,7,11H,2-3,6H2,1H3,(H,14,15)/t11-/m1/s1. The van der Waals surface area contributed by atoms with E-state index in [1.54, 1.807) is 0 Å². The molecule has 0 radical (unpaired) electrons. The third-order valence-electron chi connectivity index (χ3n) is 2.66. The topological polar surface area (TPSA) is 38.3 Å². The molecule has 0 spiro atoms. The van der Waals surface area contributed by atoms with Crippen molar-refractivity contribution in [2.45, 2.75) is 25.9 Å². The number of anilines is 1. The van der Waals surface area contributed by atoms with E-state index in [-0.39, 0.29) is 12.0 Å². The SMILES string of the molecule is Cc1ccc(NC(=O)[C@H]2CCCO2)cc1Br. The van der Waals surface area contributed by atoms with E-state index in [9.17, 15) is 4.79 Å². The second-order valence-electron chi connectivity index (χ2n) is 3.95. The van der Waals surface area contributed by atoms with Crippen molar-refractivity contribution in [3.8, 4) is 0 Å². The Morgan fingerprint density at radius 3 is 3.00 bits per heavy atom. The summed E-state index contributed by atoms with van der Waals surface area (Å²) in [7, 11) is 0. The molecule has 1 aliphatic heterocycles. The van der Waals surface area contributed by atoms with Gasteiger partial charge < -0.3 is 10.1 Å². The van der Waals surface area contributed by atoms with E-state index >= 15 is 0 Å². The van der Waals surface area contributed by atoms with Crippen molar-refractivity contribution in [3.05, 3.63) is 28.2 Å². The van der Waals surface area contributed by atoms with E-state index in [0.29, 0.717) is 6.61 Å². The summed E-state index contributed by atoms with van der Waals surface area (Å²) in [6.07, 6.45) is 1.51. The summed E-state index contributed by atoms with van der Waals surface area (Å²) in [4.78, 5) is 11.8. The van der Waals surface area contributed by atoms with Crippen molar-refractivity contribution < 1.29 is 9.53 Å². The summed E-state index contributed by atoms with van der Waals surface area (Å²) in [6, 6.07) is 5.77. The smallest absolute Gasteiger partial charge is 0.253 e. The van der Waals surface area contributed by atoms with E-state index < -0.39 is 0 Å². The van der Waals surface area contributed by atoms with Gasteiger partial charge in [0.25, 0.3) is 5.91 Å². The van der Waals surface area contributed by atoms with Crippen LogP contribution in [-0.4, -0.2) is 18.6 Å². The van der Waals surface area contributed by atoms with Crippen LogP contribution in [0.3, 0.4) is 0 Å². The van der Waals surface area contributed by atoms with Crippen molar-refractivity contribution in [2.75, 3.05) is 11.9 Å². The van der Waals surface area contributed by atoms with Crippen LogP contribution >= 0.6 is 15.9 Å². The Morgan fingerprint density at radius 1 is 1.56 bits per heavy atom. The van der Waals surface area contributed by atoms with Crippen LogP contribution < -0.4 is 5.32 Å². The molecule has 0 aliphatic carbocycles. The maximum atomic E-state index is 11.8. The van der Waals surface area contributed by atoms with Crippen molar-refractivity contribution >= 4 is 27.5 Å². The summed E-state index contributed by atoms with van der Waals surface area (Å²) >= 11 is 3.44. The third kappa shape index (κ3) is 2.62. The highest BCUT2D eigenvalue weighted by atomic mass is 79.9. The van der Waals surface area contributed by atoms with Gasteiger partial charge in [-0.15, -0.1) is 0 Å². The number of rotatable bonds is 2. The minimum Gasteiger partial charge on any atom is -0.368 e. The van der Waals surface area contributed by atoms with Gasteiger partial charge in [0, 0.05) is 16.8 Å². The molecule has 1 aromatic carbocycles. The number of halogens is 1. The second-order valence-corrected chi connectivity index (χ2v) is 4.81. The Balaban J connectivity index is 2.02. The molecule has 0 unspecified atom stereocenters. The average molecular weight is 284 g/mol. The van der Waals surface area contributed by atoms with Gasteiger partial charge in [-0.3, -0.25) is 4.79 Å². The highest BCUT2D eigenvalue weighted by Crippen LogP contribution is 2.21. The lowest BCUT2D eigenvalue weighted by atomic mass is 10.2. The van der Waals surface area contributed by atoms with E-state index in [1.807, 2.05) is 25.1 Å². The lowest BCUT2D eigenvalue weighted by Gasteiger charge is -2.11. The van der Waals surface area contributed by atoms with Gasteiger partial charge in [0.2, 0.25) is 0 Å². The fourth-order valence-corrected chi connectivity index (χ4v) is 2.06. The molecule has 0 aromatic heterocycles. The minimum absolute atomic E-state index is 0.0479. The first kappa shape index (κ1) is 11.6. The van der Waals surface area contributed by atoms with Crippen LogP contribution in [0.15, 0.2) is 22.7 Å². The van der Waals surface area contributed by atoms with Crippen molar-refractivity contribution in [1.29, 1.82) is 0 Å². The molecule has 1 aliphatic rings. The Labute approximate surface area is 103 Å². The molecule has 1 saturated heterocycles. The first-order chi connectivity index (χ1) is 7.66. The molecule has 86 valence electrons. The zero-order valence-corrected chi connectivity index (χ0v) is 10.7. The summed E-state index contributed by atoms with van der Waals surface area (Å²) in [5.74, 6) is -0.0479. The lowest BCUT2D eigenvalue weighted by molar-refractivity contribution is -0.124. The molecule has 0 bridgehead atoms. The number of aryl methyl sites for hydroxylation is 1. The first-order valence-electron chi connectivity index (χ1n) is 5.35. The maximum absolute atomic E-state index is 11.8. The number of ether oxygens (including phenoxy) is 1. The van der Waals surface area contributed by atoms with E-state index in [1.165, 1.54) is 0 Å². The fraction of sp³-hybridized carbons (Fsp3) is 0.417. The van der Waals surface area contributed by atoms with Crippen LogP contribution in [0.25, 0.3) is 0 Å². The average Bonchev–Trinajstić information content (AvgIpc) is 2.77. The zero-order chi connectivity index (χ0) is 11.5. The summed E-state index contributed by atoms with van der Waals surface area (Å²) in [5, 5.41) is 2.86. The molecule has 16 heavy (non-hydrogen) atoms. The fourth-order valence-electron chi connectivity index (χ4n) is 1.68.